The van der Waals surface area contributed by atoms with E-state index in [1.165, 1.54) is 5.56 Å². The number of anilines is 1. The second-order valence-electron chi connectivity index (χ2n) is 5.97. The molecule has 0 radical (unpaired) electrons. The zero-order valence-corrected chi connectivity index (χ0v) is 14.8. The zero-order valence-electron chi connectivity index (χ0n) is 14.8. The van der Waals surface area contributed by atoms with Gasteiger partial charge in [-0.05, 0) is 51.0 Å². The van der Waals surface area contributed by atoms with Gasteiger partial charge < -0.3 is 14.8 Å². The van der Waals surface area contributed by atoms with E-state index in [2.05, 4.69) is 12.2 Å². The fourth-order valence-electron chi connectivity index (χ4n) is 2.26. The topological polar surface area (TPSA) is 47.6 Å². The second-order valence-corrected chi connectivity index (χ2v) is 5.97. The van der Waals surface area contributed by atoms with Crippen molar-refractivity contribution in [1.82, 2.24) is 0 Å². The average molecular weight is 327 g/mol. The molecule has 2 aromatic carbocycles. The molecule has 0 fully saturated rings. The minimum absolute atomic E-state index is 0.0274. The molecule has 4 heteroatoms. The summed E-state index contributed by atoms with van der Waals surface area (Å²) in [5.41, 5.74) is 2.89. The van der Waals surface area contributed by atoms with Crippen molar-refractivity contribution in [2.24, 2.45) is 0 Å². The summed E-state index contributed by atoms with van der Waals surface area (Å²) >= 11 is 0. The number of benzene rings is 2. The Labute approximate surface area is 143 Å². The van der Waals surface area contributed by atoms with Crippen LogP contribution in [0.3, 0.4) is 0 Å². The van der Waals surface area contributed by atoms with Crippen molar-refractivity contribution in [2.45, 2.75) is 40.2 Å². The van der Waals surface area contributed by atoms with E-state index in [1.54, 1.807) is 0 Å². The lowest BCUT2D eigenvalue weighted by Gasteiger charge is -2.14. The monoisotopic (exact) mass is 327 g/mol. The maximum absolute atomic E-state index is 12.1. The first-order valence-corrected chi connectivity index (χ1v) is 8.24. The van der Waals surface area contributed by atoms with Gasteiger partial charge >= 0.3 is 0 Å². The largest absolute Gasteiger partial charge is 0.491 e. The SMILES string of the molecule is CCC(C)Oc1cccc(NC(=O)COc2ccc(C)cc2C)c1. The molecule has 24 heavy (non-hydrogen) atoms. The first-order valence-electron chi connectivity index (χ1n) is 8.24. The van der Waals surface area contributed by atoms with E-state index in [4.69, 9.17) is 9.47 Å². The fourth-order valence-corrected chi connectivity index (χ4v) is 2.26. The van der Waals surface area contributed by atoms with Crippen LogP contribution in [0.4, 0.5) is 5.69 Å². The summed E-state index contributed by atoms with van der Waals surface area (Å²) in [7, 11) is 0. The van der Waals surface area contributed by atoms with Crippen LogP contribution >= 0.6 is 0 Å². The molecule has 1 amide bonds. The molecule has 0 aliphatic carbocycles. The molecule has 0 bridgehead atoms. The van der Waals surface area contributed by atoms with Gasteiger partial charge in [0.25, 0.3) is 5.91 Å². The maximum atomic E-state index is 12.1. The number of amides is 1. The number of carbonyl (C=O) groups excluding carboxylic acids is 1. The van der Waals surface area contributed by atoms with Gasteiger partial charge in [-0.1, -0.05) is 30.7 Å². The summed E-state index contributed by atoms with van der Waals surface area (Å²) in [4.78, 5) is 12.1. The van der Waals surface area contributed by atoms with Gasteiger partial charge in [0, 0.05) is 11.8 Å². The van der Waals surface area contributed by atoms with Crippen LogP contribution in [0.5, 0.6) is 11.5 Å². The lowest BCUT2D eigenvalue weighted by molar-refractivity contribution is -0.118. The molecule has 0 heterocycles. The van der Waals surface area contributed by atoms with Gasteiger partial charge in [0.1, 0.15) is 11.5 Å². The van der Waals surface area contributed by atoms with Crippen LogP contribution in [0.15, 0.2) is 42.5 Å². The van der Waals surface area contributed by atoms with Crippen LogP contribution in [0.1, 0.15) is 31.4 Å². The molecule has 0 saturated carbocycles. The Bertz CT molecular complexity index is 697. The predicted octanol–water partition coefficient (Wildman–Crippen LogP) is 4.50. The minimum Gasteiger partial charge on any atom is -0.491 e. The van der Waals surface area contributed by atoms with Gasteiger partial charge in [0.15, 0.2) is 6.61 Å². The van der Waals surface area contributed by atoms with Crippen molar-refractivity contribution in [1.29, 1.82) is 0 Å². The van der Waals surface area contributed by atoms with Gasteiger partial charge in [-0.2, -0.15) is 0 Å². The molecule has 0 saturated heterocycles. The lowest BCUT2D eigenvalue weighted by Crippen LogP contribution is -2.20. The standard InChI is InChI=1S/C20H25NO3/c1-5-16(4)24-18-8-6-7-17(12-18)21-20(22)13-23-19-10-9-14(2)11-15(19)3/h6-12,16H,5,13H2,1-4H3,(H,21,22). The zero-order chi connectivity index (χ0) is 17.5. The van der Waals surface area contributed by atoms with E-state index in [0.29, 0.717) is 5.69 Å². The Kier molecular flexibility index (Phi) is 6.24. The van der Waals surface area contributed by atoms with Gasteiger partial charge in [0.05, 0.1) is 6.10 Å². The van der Waals surface area contributed by atoms with Crippen LogP contribution in [0, 0.1) is 13.8 Å². The fraction of sp³-hybridized carbons (Fsp3) is 0.350. The first-order chi connectivity index (χ1) is 11.5. The van der Waals surface area contributed by atoms with Crippen molar-refractivity contribution in [2.75, 3.05) is 11.9 Å². The molecular weight excluding hydrogens is 302 g/mol. The van der Waals surface area contributed by atoms with E-state index in [9.17, 15) is 4.79 Å². The number of hydrogen-bond donors (Lipinski definition) is 1. The predicted molar refractivity (Wildman–Crippen MR) is 96.9 cm³/mol. The average Bonchev–Trinajstić information content (AvgIpc) is 2.54. The van der Waals surface area contributed by atoms with Crippen LogP contribution in [0.2, 0.25) is 0 Å². The van der Waals surface area contributed by atoms with E-state index in [1.807, 2.05) is 63.2 Å². The summed E-state index contributed by atoms with van der Waals surface area (Å²) < 4.78 is 11.4. The highest BCUT2D eigenvalue weighted by atomic mass is 16.5. The Morgan fingerprint density at radius 1 is 1.17 bits per heavy atom. The molecule has 2 aromatic rings. The highest BCUT2D eigenvalue weighted by molar-refractivity contribution is 5.92. The summed E-state index contributed by atoms with van der Waals surface area (Å²) in [6.45, 7) is 8.05. The number of carbonyl (C=O) groups is 1. The molecule has 1 N–H and O–H groups in total. The van der Waals surface area contributed by atoms with E-state index >= 15 is 0 Å². The molecule has 0 aliphatic heterocycles. The second kappa shape index (κ2) is 8.39. The molecule has 0 aromatic heterocycles. The normalized spacial score (nSPS) is 11.7. The van der Waals surface area contributed by atoms with Gasteiger partial charge in [-0.15, -0.1) is 0 Å². The maximum Gasteiger partial charge on any atom is 0.262 e. The third-order valence-corrected chi connectivity index (χ3v) is 3.72. The quantitative estimate of drug-likeness (QED) is 0.814. The van der Waals surface area contributed by atoms with Gasteiger partial charge in [-0.3, -0.25) is 4.79 Å². The van der Waals surface area contributed by atoms with Crippen molar-refractivity contribution in [3.05, 3.63) is 53.6 Å². The molecule has 0 spiro atoms. The van der Waals surface area contributed by atoms with E-state index in [-0.39, 0.29) is 18.6 Å². The number of nitrogens with one attached hydrogen (secondary N) is 1. The van der Waals surface area contributed by atoms with Crippen molar-refractivity contribution < 1.29 is 14.3 Å². The van der Waals surface area contributed by atoms with E-state index < -0.39 is 0 Å². The highest BCUT2D eigenvalue weighted by Gasteiger charge is 2.07. The minimum atomic E-state index is -0.198. The third-order valence-electron chi connectivity index (χ3n) is 3.72. The first kappa shape index (κ1) is 17.9. The van der Waals surface area contributed by atoms with Crippen molar-refractivity contribution >= 4 is 11.6 Å². The number of ether oxygens (including phenoxy) is 2. The number of aryl methyl sites for hydroxylation is 2. The smallest absolute Gasteiger partial charge is 0.262 e. The molecule has 1 unspecified atom stereocenters. The Balaban J connectivity index is 1.91. The van der Waals surface area contributed by atoms with Crippen molar-refractivity contribution in [3.63, 3.8) is 0 Å². The summed E-state index contributed by atoms with van der Waals surface area (Å²) in [6.07, 6.45) is 1.07. The summed E-state index contributed by atoms with van der Waals surface area (Å²) in [5.74, 6) is 1.28. The number of rotatable bonds is 7. The van der Waals surface area contributed by atoms with Crippen LogP contribution in [0.25, 0.3) is 0 Å². The Morgan fingerprint density at radius 2 is 1.96 bits per heavy atom. The van der Waals surface area contributed by atoms with Gasteiger partial charge in [0.2, 0.25) is 0 Å². The highest BCUT2D eigenvalue weighted by Crippen LogP contribution is 2.20. The molecule has 128 valence electrons. The molecule has 2 rings (SSSR count). The van der Waals surface area contributed by atoms with Gasteiger partial charge in [-0.25, -0.2) is 0 Å². The summed E-state index contributed by atoms with van der Waals surface area (Å²) in [5, 5.41) is 2.83. The van der Waals surface area contributed by atoms with Crippen LogP contribution < -0.4 is 14.8 Å². The van der Waals surface area contributed by atoms with Crippen molar-refractivity contribution in [3.8, 4) is 11.5 Å². The van der Waals surface area contributed by atoms with E-state index in [0.717, 1.165) is 23.5 Å². The Morgan fingerprint density at radius 3 is 2.67 bits per heavy atom. The molecular formula is C20H25NO3. The summed E-state index contributed by atoms with van der Waals surface area (Å²) in [6, 6.07) is 13.3. The molecule has 1 atom stereocenters. The van der Waals surface area contributed by atoms with Crippen LogP contribution in [-0.4, -0.2) is 18.6 Å². The molecule has 0 aliphatic rings. The van der Waals surface area contributed by atoms with Crippen LogP contribution in [-0.2, 0) is 4.79 Å². The Hall–Kier alpha value is -2.49. The third kappa shape index (κ3) is 5.30. The number of hydrogen-bond acceptors (Lipinski definition) is 3. The lowest BCUT2D eigenvalue weighted by atomic mass is 10.1. The molecule has 4 nitrogen and oxygen atoms in total.